The van der Waals surface area contributed by atoms with E-state index in [1.807, 2.05) is 43.0 Å². The number of hydrogen-bond acceptors (Lipinski definition) is 3. The molecule has 2 aromatic rings. The first-order valence-corrected chi connectivity index (χ1v) is 9.23. The molecule has 1 aromatic carbocycles. The Balaban J connectivity index is 1.53. The lowest BCUT2D eigenvalue weighted by molar-refractivity contribution is -0.207. The highest BCUT2D eigenvalue weighted by Gasteiger charge is 2.56. The number of aryl methyl sites for hydroxylation is 1. The Labute approximate surface area is 148 Å². The van der Waals surface area contributed by atoms with Crippen LogP contribution in [0.25, 0.3) is 10.9 Å². The van der Waals surface area contributed by atoms with Crippen LogP contribution in [0.5, 0.6) is 0 Å². The van der Waals surface area contributed by atoms with Gasteiger partial charge >= 0.3 is 0 Å². The number of nitrogens with one attached hydrogen (secondary N) is 1. The van der Waals surface area contributed by atoms with E-state index in [4.69, 9.17) is 4.74 Å². The molecule has 134 valence electrons. The zero-order valence-electron chi connectivity index (χ0n) is 14.9. The number of nitrogens with zero attached hydrogens (tertiary/aromatic N) is 1. The highest BCUT2D eigenvalue weighted by molar-refractivity contribution is 6.08. The maximum absolute atomic E-state index is 13.1. The summed E-state index contributed by atoms with van der Waals surface area (Å²) in [5, 5.41) is 11.3. The van der Waals surface area contributed by atoms with Crippen LogP contribution >= 0.6 is 0 Å². The Hall–Kier alpha value is -1.85. The lowest BCUT2D eigenvalue weighted by Gasteiger charge is -2.56. The summed E-state index contributed by atoms with van der Waals surface area (Å²) in [4.78, 5) is 18.4. The van der Waals surface area contributed by atoms with Gasteiger partial charge in [-0.15, -0.1) is 0 Å². The first-order chi connectivity index (χ1) is 12.1. The van der Waals surface area contributed by atoms with Gasteiger partial charge < -0.3 is 19.7 Å². The Bertz CT molecular complexity index is 787. The summed E-state index contributed by atoms with van der Waals surface area (Å²) in [5.74, 6) is 0.0894. The van der Waals surface area contributed by atoms with Crippen LogP contribution in [-0.2, 0) is 4.74 Å². The summed E-state index contributed by atoms with van der Waals surface area (Å²) >= 11 is 0. The number of carbonyl (C=O) groups is 1. The van der Waals surface area contributed by atoms with Gasteiger partial charge in [0.05, 0.1) is 17.8 Å². The molecule has 2 aliphatic rings. The third-order valence-electron chi connectivity index (χ3n) is 6.20. The van der Waals surface area contributed by atoms with Crippen LogP contribution < -0.4 is 0 Å². The van der Waals surface area contributed by atoms with E-state index in [9.17, 15) is 9.90 Å². The number of ether oxygens (including phenoxy) is 1. The van der Waals surface area contributed by atoms with Crippen LogP contribution in [0, 0.1) is 12.3 Å². The van der Waals surface area contributed by atoms with Crippen molar-refractivity contribution in [2.24, 2.45) is 5.41 Å². The minimum Gasteiger partial charge on any atom is -0.392 e. The van der Waals surface area contributed by atoms with Crippen LogP contribution in [-0.4, -0.2) is 52.8 Å². The molecule has 0 radical (unpaired) electrons. The van der Waals surface area contributed by atoms with Crippen molar-refractivity contribution in [1.29, 1.82) is 0 Å². The number of aromatic nitrogens is 1. The number of likely N-dealkylation sites (tertiary alicyclic amines) is 1. The van der Waals surface area contributed by atoms with Gasteiger partial charge in [0.25, 0.3) is 5.91 Å². The molecular formula is C20H26N2O3. The molecule has 1 saturated carbocycles. The largest absolute Gasteiger partial charge is 0.392 e. The molecule has 0 bridgehead atoms. The zero-order valence-corrected chi connectivity index (χ0v) is 14.9. The number of amides is 1. The lowest BCUT2D eigenvalue weighted by atomic mass is 9.58. The normalized spacial score (nSPS) is 25.3. The molecule has 1 aromatic heterocycles. The predicted molar refractivity (Wildman–Crippen MR) is 96.6 cm³/mol. The van der Waals surface area contributed by atoms with Crippen LogP contribution in [0.4, 0.5) is 0 Å². The highest BCUT2D eigenvalue weighted by atomic mass is 16.5. The van der Waals surface area contributed by atoms with Gasteiger partial charge in [-0.2, -0.15) is 0 Å². The summed E-state index contributed by atoms with van der Waals surface area (Å²) in [6.45, 7) is 5.99. The molecule has 2 atom stereocenters. The molecule has 1 spiro atoms. The van der Waals surface area contributed by atoms with Crippen molar-refractivity contribution in [1.82, 2.24) is 9.88 Å². The second-order valence-corrected chi connectivity index (χ2v) is 7.39. The van der Waals surface area contributed by atoms with Gasteiger partial charge in [-0.25, -0.2) is 0 Å². The van der Waals surface area contributed by atoms with Crippen molar-refractivity contribution in [2.75, 3.05) is 19.7 Å². The third kappa shape index (κ3) is 2.49. The van der Waals surface area contributed by atoms with Crippen molar-refractivity contribution in [2.45, 2.75) is 45.3 Å². The molecule has 0 unspecified atom stereocenters. The van der Waals surface area contributed by atoms with E-state index in [0.29, 0.717) is 19.7 Å². The number of para-hydroxylation sites is 1. The molecule has 25 heavy (non-hydrogen) atoms. The molecule has 1 aliphatic heterocycles. The van der Waals surface area contributed by atoms with E-state index < -0.39 is 0 Å². The zero-order chi connectivity index (χ0) is 17.6. The Morgan fingerprint density at radius 2 is 2.08 bits per heavy atom. The lowest BCUT2D eigenvalue weighted by Crippen LogP contribution is -2.62. The van der Waals surface area contributed by atoms with Gasteiger partial charge in [0, 0.05) is 48.1 Å². The Kier molecular flexibility index (Phi) is 4.08. The monoisotopic (exact) mass is 342 g/mol. The van der Waals surface area contributed by atoms with E-state index in [2.05, 4.69) is 4.98 Å². The van der Waals surface area contributed by atoms with Gasteiger partial charge in [0.1, 0.15) is 0 Å². The average molecular weight is 342 g/mol. The van der Waals surface area contributed by atoms with Crippen molar-refractivity contribution < 1.29 is 14.6 Å². The SMILES string of the molecule is CCO[C@@H]1C[C@@H](O)C12CCN(C(=O)c1c(C)[nH]c3ccccc13)CC2. The van der Waals surface area contributed by atoms with E-state index >= 15 is 0 Å². The van der Waals surface area contributed by atoms with Crippen LogP contribution in [0.15, 0.2) is 24.3 Å². The predicted octanol–water partition coefficient (Wildman–Crippen LogP) is 2.87. The van der Waals surface area contributed by atoms with E-state index in [1.165, 1.54) is 0 Å². The number of hydrogen-bond donors (Lipinski definition) is 2. The fraction of sp³-hybridized carbons (Fsp3) is 0.550. The Morgan fingerprint density at radius 1 is 1.36 bits per heavy atom. The maximum atomic E-state index is 13.1. The number of aliphatic hydroxyl groups is 1. The first kappa shape index (κ1) is 16.6. The van der Waals surface area contributed by atoms with E-state index in [1.54, 1.807) is 0 Å². The smallest absolute Gasteiger partial charge is 0.256 e. The number of piperidine rings is 1. The fourth-order valence-corrected chi connectivity index (χ4v) is 4.65. The number of benzene rings is 1. The molecule has 1 saturated heterocycles. The highest BCUT2D eigenvalue weighted by Crippen LogP contribution is 2.51. The molecule has 5 heteroatoms. The summed E-state index contributed by atoms with van der Waals surface area (Å²) in [6.07, 6.45) is 2.19. The summed E-state index contributed by atoms with van der Waals surface area (Å²) in [5.41, 5.74) is 2.55. The summed E-state index contributed by atoms with van der Waals surface area (Å²) < 4.78 is 5.82. The maximum Gasteiger partial charge on any atom is 0.256 e. The minimum atomic E-state index is -0.295. The molecule has 1 aliphatic carbocycles. The van der Waals surface area contributed by atoms with Gasteiger partial charge in [0.15, 0.2) is 0 Å². The van der Waals surface area contributed by atoms with Crippen molar-refractivity contribution in [3.05, 3.63) is 35.5 Å². The van der Waals surface area contributed by atoms with Crippen molar-refractivity contribution in [3.63, 3.8) is 0 Å². The number of aromatic amines is 1. The van der Waals surface area contributed by atoms with E-state index in [-0.39, 0.29) is 23.5 Å². The molecule has 4 rings (SSSR count). The van der Waals surface area contributed by atoms with Crippen LogP contribution in [0.2, 0.25) is 0 Å². The molecule has 1 amide bonds. The molecule has 2 fully saturated rings. The van der Waals surface area contributed by atoms with E-state index in [0.717, 1.165) is 41.4 Å². The number of H-pyrrole nitrogens is 1. The molecule has 5 nitrogen and oxygen atoms in total. The fourth-order valence-electron chi connectivity index (χ4n) is 4.65. The summed E-state index contributed by atoms with van der Waals surface area (Å²) in [6, 6.07) is 7.94. The third-order valence-corrected chi connectivity index (χ3v) is 6.20. The Morgan fingerprint density at radius 3 is 2.76 bits per heavy atom. The van der Waals surface area contributed by atoms with Gasteiger partial charge in [0.2, 0.25) is 0 Å². The molecule has 2 heterocycles. The quantitative estimate of drug-likeness (QED) is 0.901. The average Bonchev–Trinajstić information content (AvgIpc) is 2.97. The second-order valence-electron chi connectivity index (χ2n) is 7.39. The standard InChI is InChI=1S/C20H26N2O3/c1-3-25-17-12-16(23)20(17)8-10-22(11-9-20)19(24)18-13(2)21-15-7-5-4-6-14(15)18/h4-7,16-17,21,23H,3,8-12H2,1-2H3/t16-,17-/m1/s1. The first-order valence-electron chi connectivity index (χ1n) is 9.23. The van der Waals surface area contributed by atoms with Gasteiger partial charge in [-0.1, -0.05) is 18.2 Å². The molecular weight excluding hydrogens is 316 g/mol. The van der Waals surface area contributed by atoms with Crippen LogP contribution in [0.1, 0.15) is 42.2 Å². The van der Waals surface area contributed by atoms with Crippen LogP contribution in [0.3, 0.4) is 0 Å². The van der Waals surface area contributed by atoms with Crippen molar-refractivity contribution >= 4 is 16.8 Å². The topological polar surface area (TPSA) is 65.6 Å². The second kappa shape index (κ2) is 6.15. The number of fused-ring (bicyclic) bond motifs is 1. The number of rotatable bonds is 3. The molecule has 2 N–H and O–H groups in total. The van der Waals surface area contributed by atoms with Gasteiger partial charge in [-0.3, -0.25) is 4.79 Å². The number of carbonyl (C=O) groups excluding carboxylic acids is 1. The number of aliphatic hydroxyl groups excluding tert-OH is 1. The minimum absolute atomic E-state index is 0.0894. The van der Waals surface area contributed by atoms with Gasteiger partial charge in [-0.05, 0) is 32.8 Å². The van der Waals surface area contributed by atoms with Crippen molar-refractivity contribution in [3.8, 4) is 0 Å². The summed E-state index contributed by atoms with van der Waals surface area (Å²) in [7, 11) is 0.